The molecule has 1 aliphatic rings. The zero-order valence-electron chi connectivity index (χ0n) is 15.9. The van der Waals surface area contributed by atoms with Gasteiger partial charge >= 0.3 is 0 Å². The number of aromatic nitrogens is 2. The van der Waals surface area contributed by atoms with Crippen molar-refractivity contribution in [1.82, 2.24) is 15.3 Å². The van der Waals surface area contributed by atoms with Crippen LogP contribution in [0.15, 0.2) is 30.7 Å². The predicted molar refractivity (Wildman–Crippen MR) is 104 cm³/mol. The van der Waals surface area contributed by atoms with Crippen LogP contribution in [0.1, 0.15) is 52.9 Å². The number of amides is 1. The summed E-state index contributed by atoms with van der Waals surface area (Å²) in [6.45, 7) is 6.87. The van der Waals surface area contributed by atoms with E-state index in [-0.39, 0.29) is 11.9 Å². The minimum atomic E-state index is 0.00566. The molecule has 0 saturated heterocycles. The lowest BCUT2D eigenvalue weighted by Crippen LogP contribution is -2.38. The molecule has 2 heterocycles. The Morgan fingerprint density at radius 3 is 2.50 bits per heavy atom. The van der Waals surface area contributed by atoms with E-state index in [1.807, 2.05) is 32.3 Å². The van der Waals surface area contributed by atoms with E-state index in [2.05, 4.69) is 33.6 Å². The van der Waals surface area contributed by atoms with E-state index in [1.54, 1.807) is 6.20 Å². The summed E-state index contributed by atoms with van der Waals surface area (Å²) in [4.78, 5) is 21.0. The summed E-state index contributed by atoms with van der Waals surface area (Å²) in [7, 11) is 0. The second-order valence-electron chi connectivity index (χ2n) is 7.47. The van der Waals surface area contributed by atoms with Crippen molar-refractivity contribution in [1.29, 1.82) is 0 Å². The molecule has 3 rings (SSSR count). The van der Waals surface area contributed by atoms with Gasteiger partial charge in [-0.05, 0) is 75.6 Å². The summed E-state index contributed by atoms with van der Waals surface area (Å²) in [5, 5.41) is 6.69. The van der Waals surface area contributed by atoms with Crippen LogP contribution >= 0.6 is 0 Å². The first-order valence-electron chi connectivity index (χ1n) is 9.41. The minimum absolute atomic E-state index is 0.00566. The summed E-state index contributed by atoms with van der Waals surface area (Å²) in [5.74, 6) is 0.650. The molecule has 0 radical (unpaired) electrons. The fourth-order valence-corrected chi connectivity index (χ4v) is 3.56. The average molecular weight is 352 g/mol. The number of anilines is 1. The molecule has 0 spiro atoms. The highest BCUT2D eigenvalue weighted by Gasteiger charge is 2.23. The van der Waals surface area contributed by atoms with Crippen LogP contribution in [0.25, 0.3) is 0 Å². The lowest BCUT2D eigenvalue weighted by molar-refractivity contribution is 0.0921. The van der Waals surface area contributed by atoms with Crippen molar-refractivity contribution in [3.63, 3.8) is 0 Å². The molecular weight excluding hydrogens is 324 g/mol. The van der Waals surface area contributed by atoms with E-state index >= 15 is 0 Å². The molecule has 0 aliphatic heterocycles. The molecule has 1 saturated carbocycles. The van der Waals surface area contributed by atoms with Crippen molar-refractivity contribution in [2.24, 2.45) is 5.92 Å². The van der Waals surface area contributed by atoms with Crippen LogP contribution in [0.2, 0.25) is 0 Å². The number of carbonyl (C=O) groups excluding carboxylic acids is 1. The Bertz CT molecular complexity index is 766. The van der Waals surface area contributed by atoms with Gasteiger partial charge in [-0.15, -0.1) is 0 Å². The Kier molecular flexibility index (Phi) is 5.86. The number of aryl methyl sites for hydroxylation is 3. The molecule has 1 aliphatic carbocycles. The number of nitrogens with zero attached hydrogens (tertiary/aromatic N) is 2. The Labute approximate surface area is 155 Å². The number of hydrogen-bond acceptors (Lipinski definition) is 4. The van der Waals surface area contributed by atoms with E-state index in [4.69, 9.17) is 0 Å². The third kappa shape index (κ3) is 4.81. The highest BCUT2D eigenvalue weighted by molar-refractivity contribution is 5.95. The largest absolute Gasteiger partial charge is 0.384 e. The zero-order chi connectivity index (χ0) is 18.5. The van der Waals surface area contributed by atoms with Crippen molar-refractivity contribution in [2.75, 3.05) is 11.9 Å². The Balaban J connectivity index is 1.46. The number of pyridine rings is 2. The first-order chi connectivity index (χ1) is 12.5. The molecule has 5 heteroatoms. The predicted octanol–water partition coefficient (Wildman–Crippen LogP) is 3.80. The van der Waals surface area contributed by atoms with Gasteiger partial charge in [0.25, 0.3) is 5.91 Å². The standard InChI is InChI=1S/C21H28N4O/c1-14-8-19(13-22-10-14)24-12-17-4-6-18(7-5-17)25-21(26)20-9-15(2)11-23-16(20)3/h8-11,13,17-18,24H,4-7,12H2,1-3H3,(H,25,26). The average Bonchev–Trinajstić information content (AvgIpc) is 2.63. The third-order valence-corrected chi connectivity index (χ3v) is 5.12. The maximum absolute atomic E-state index is 12.5. The molecule has 0 aromatic carbocycles. The molecular formula is C21H28N4O. The van der Waals surface area contributed by atoms with Crippen LogP contribution < -0.4 is 10.6 Å². The molecule has 1 amide bonds. The van der Waals surface area contributed by atoms with Crippen LogP contribution in [-0.2, 0) is 0 Å². The van der Waals surface area contributed by atoms with Gasteiger partial charge in [0.2, 0.25) is 0 Å². The van der Waals surface area contributed by atoms with Crippen LogP contribution in [-0.4, -0.2) is 28.5 Å². The molecule has 1 fully saturated rings. The molecule has 26 heavy (non-hydrogen) atoms. The SMILES string of the molecule is Cc1cncc(NCC2CCC(NC(=O)c3cc(C)cnc3C)CC2)c1. The molecule has 2 aromatic rings. The fraction of sp³-hybridized carbons (Fsp3) is 0.476. The van der Waals surface area contributed by atoms with Crippen LogP contribution in [0.3, 0.4) is 0 Å². The van der Waals surface area contributed by atoms with Crippen molar-refractivity contribution < 1.29 is 4.79 Å². The van der Waals surface area contributed by atoms with E-state index in [0.717, 1.165) is 49.2 Å². The maximum atomic E-state index is 12.5. The molecule has 5 nitrogen and oxygen atoms in total. The van der Waals surface area contributed by atoms with Gasteiger partial charge in [-0.2, -0.15) is 0 Å². The molecule has 0 atom stereocenters. The highest BCUT2D eigenvalue weighted by atomic mass is 16.1. The van der Waals surface area contributed by atoms with E-state index in [1.165, 1.54) is 5.56 Å². The number of nitrogens with one attached hydrogen (secondary N) is 2. The van der Waals surface area contributed by atoms with Crippen LogP contribution in [0.4, 0.5) is 5.69 Å². The van der Waals surface area contributed by atoms with Crippen LogP contribution in [0, 0.1) is 26.7 Å². The number of carbonyl (C=O) groups is 1. The summed E-state index contributed by atoms with van der Waals surface area (Å²) in [6, 6.07) is 4.31. The summed E-state index contributed by atoms with van der Waals surface area (Å²) in [6.07, 6.45) is 9.85. The fourth-order valence-electron chi connectivity index (χ4n) is 3.56. The van der Waals surface area contributed by atoms with Gasteiger partial charge in [0.1, 0.15) is 0 Å². The topological polar surface area (TPSA) is 66.9 Å². The lowest BCUT2D eigenvalue weighted by atomic mass is 9.86. The van der Waals surface area contributed by atoms with Gasteiger partial charge < -0.3 is 10.6 Å². The maximum Gasteiger partial charge on any atom is 0.253 e. The summed E-state index contributed by atoms with van der Waals surface area (Å²) in [5.41, 5.74) is 4.75. The van der Waals surface area contributed by atoms with Gasteiger partial charge in [0, 0.05) is 36.9 Å². The van der Waals surface area contributed by atoms with E-state index in [9.17, 15) is 4.79 Å². The van der Waals surface area contributed by atoms with E-state index in [0.29, 0.717) is 11.5 Å². The van der Waals surface area contributed by atoms with Crippen LogP contribution in [0.5, 0.6) is 0 Å². The first-order valence-corrected chi connectivity index (χ1v) is 9.41. The van der Waals surface area contributed by atoms with Crippen molar-refractivity contribution in [2.45, 2.75) is 52.5 Å². The molecule has 2 aromatic heterocycles. The number of hydrogen-bond donors (Lipinski definition) is 2. The van der Waals surface area contributed by atoms with Crippen molar-refractivity contribution >= 4 is 11.6 Å². The third-order valence-electron chi connectivity index (χ3n) is 5.12. The number of rotatable bonds is 5. The first kappa shape index (κ1) is 18.4. The van der Waals surface area contributed by atoms with Crippen molar-refractivity contribution in [3.05, 3.63) is 53.1 Å². The molecule has 0 bridgehead atoms. The Morgan fingerprint density at radius 2 is 1.77 bits per heavy atom. The second-order valence-corrected chi connectivity index (χ2v) is 7.47. The second kappa shape index (κ2) is 8.30. The van der Waals surface area contributed by atoms with Gasteiger partial charge in [0.15, 0.2) is 0 Å². The van der Waals surface area contributed by atoms with Gasteiger partial charge in [0.05, 0.1) is 11.3 Å². The zero-order valence-corrected chi connectivity index (χ0v) is 15.9. The van der Waals surface area contributed by atoms with Gasteiger partial charge in [-0.1, -0.05) is 0 Å². The monoisotopic (exact) mass is 352 g/mol. The Hall–Kier alpha value is -2.43. The van der Waals surface area contributed by atoms with Gasteiger partial charge in [-0.3, -0.25) is 14.8 Å². The van der Waals surface area contributed by atoms with Crippen molar-refractivity contribution in [3.8, 4) is 0 Å². The normalized spacial score (nSPS) is 19.8. The molecule has 2 N–H and O–H groups in total. The van der Waals surface area contributed by atoms with E-state index < -0.39 is 0 Å². The minimum Gasteiger partial charge on any atom is -0.384 e. The smallest absolute Gasteiger partial charge is 0.253 e. The molecule has 0 unspecified atom stereocenters. The summed E-state index contributed by atoms with van der Waals surface area (Å²) >= 11 is 0. The Morgan fingerprint density at radius 1 is 1.04 bits per heavy atom. The quantitative estimate of drug-likeness (QED) is 0.859. The summed E-state index contributed by atoms with van der Waals surface area (Å²) < 4.78 is 0. The molecule has 138 valence electrons. The lowest BCUT2D eigenvalue weighted by Gasteiger charge is -2.29. The highest BCUT2D eigenvalue weighted by Crippen LogP contribution is 2.25. The van der Waals surface area contributed by atoms with Gasteiger partial charge in [-0.25, -0.2) is 0 Å².